The van der Waals surface area contributed by atoms with Crippen molar-refractivity contribution in [3.63, 3.8) is 0 Å². The van der Waals surface area contributed by atoms with Crippen molar-refractivity contribution < 1.29 is 9.21 Å². The summed E-state index contributed by atoms with van der Waals surface area (Å²) in [5.74, 6) is 0.826. The summed E-state index contributed by atoms with van der Waals surface area (Å²) in [6, 6.07) is 3.81. The molecule has 0 aliphatic heterocycles. The Kier molecular flexibility index (Phi) is 2.49. The van der Waals surface area contributed by atoms with Gasteiger partial charge in [-0.1, -0.05) is 0 Å². The predicted octanol–water partition coefficient (Wildman–Crippen LogP) is 3.50. The quantitative estimate of drug-likeness (QED) is 0.725. The Morgan fingerprint density at radius 1 is 1.27 bits per heavy atom. The lowest BCUT2D eigenvalue weighted by molar-refractivity contribution is 0.104. The Hall–Kier alpha value is -1.35. The van der Waals surface area contributed by atoms with Crippen molar-refractivity contribution in [2.75, 3.05) is 0 Å². The van der Waals surface area contributed by atoms with E-state index in [1.54, 1.807) is 6.07 Å². The second-order valence-corrected chi connectivity index (χ2v) is 4.90. The van der Waals surface area contributed by atoms with Crippen LogP contribution in [0.4, 0.5) is 0 Å². The number of carbonyl (C=O) groups is 1. The lowest BCUT2D eigenvalue weighted by Crippen LogP contribution is -1.97. The third kappa shape index (κ3) is 1.88. The van der Waals surface area contributed by atoms with Crippen molar-refractivity contribution in [3.05, 3.63) is 45.0 Å². The van der Waals surface area contributed by atoms with Crippen LogP contribution in [-0.2, 0) is 0 Å². The fraction of sp³-hybridized carbons (Fsp3) is 0.250. The van der Waals surface area contributed by atoms with Gasteiger partial charge < -0.3 is 4.42 Å². The highest BCUT2D eigenvalue weighted by atomic mass is 32.1. The van der Waals surface area contributed by atoms with Gasteiger partial charge in [0, 0.05) is 4.88 Å². The number of ketones is 1. The fourth-order valence-electron chi connectivity index (χ4n) is 1.56. The Bertz CT molecular complexity index is 505. The van der Waals surface area contributed by atoms with Gasteiger partial charge in [0.2, 0.25) is 5.78 Å². The number of hydrogen-bond acceptors (Lipinski definition) is 3. The number of hydrogen-bond donors (Lipinski definition) is 0. The lowest BCUT2D eigenvalue weighted by Gasteiger charge is -1.94. The SMILES string of the molecule is Cc1cc(C(=O)c2sc(C)cc2C)co1. The molecular formula is C12H12O2S. The molecule has 2 heterocycles. The second-order valence-electron chi connectivity index (χ2n) is 3.64. The van der Waals surface area contributed by atoms with Gasteiger partial charge in [-0.2, -0.15) is 0 Å². The third-order valence-electron chi connectivity index (χ3n) is 2.24. The fourth-order valence-corrected chi connectivity index (χ4v) is 2.55. The summed E-state index contributed by atoms with van der Waals surface area (Å²) in [4.78, 5) is 14.0. The van der Waals surface area contributed by atoms with Gasteiger partial charge in [0.1, 0.15) is 12.0 Å². The van der Waals surface area contributed by atoms with Gasteiger partial charge in [0.15, 0.2) is 0 Å². The third-order valence-corrected chi connectivity index (χ3v) is 3.39. The number of aryl methyl sites for hydroxylation is 3. The molecule has 0 saturated carbocycles. The monoisotopic (exact) mass is 220 g/mol. The molecule has 2 aromatic heterocycles. The van der Waals surface area contributed by atoms with E-state index in [9.17, 15) is 4.79 Å². The van der Waals surface area contributed by atoms with Gasteiger partial charge in [-0.25, -0.2) is 0 Å². The molecule has 0 spiro atoms. The molecule has 0 amide bonds. The topological polar surface area (TPSA) is 30.2 Å². The van der Waals surface area contributed by atoms with Crippen LogP contribution in [0.2, 0.25) is 0 Å². The molecule has 0 bridgehead atoms. The number of carbonyl (C=O) groups excluding carboxylic acids is 1. The van der Waals surface area contributed by atoms with Crippen molar-refractivity contribution in [3.8, 4) is 0 Å². The van der Waals surface area contributed by atoms with Crippen molar-refractivity contribution in [1.82, 2.24) is 0 Å². The van der Waals surface area contributed by atoms with Gasteiger partial charge in [-0.15, -0.1) is 11.3 Å². The normalized spacial score (nSPS) is 10.6. The molecular weight excluding hydrogens is 208 g/mol. The van der Waals surface area contributed by atoms with Crippen LogP contribution in [0, 0.1) is 20.8 Å². The molecule has 0 radical (unpaired) electrons. The second kappa shape index (κ2) is 3.66. The standard InChI is InChI=1S/C12H12O2S/c1-7-4-9(3)15-12(7)11(13)10-5-8(2)14-6-10/h4-6H,1-3H3. The molecule has 0 saturated heterocycles. The van der Waals surface area contributed by atoms with Crippen LogP contribution in [0.1, 0.15) is 31.4 Å². The average Bonchev–Trinajstić information content (AvgIpc) is 2.71. The van der Waals surface area contributed by atoms with Gasteiger partial charge in [0.25, 0.3) is 0 Å². The van der Waals surface area contributed by atoms with E-state index in [0.717, 1.165) is 21.1 Å². The van der Waals surface area contributed by atoms with Crippen LogP contribution < -0.4 is 0 Å². The first-order chi connectivity index (χ1) is 7.08. The Morgan fingerprint density at radius 3 is 2.47 bits per heavy atom. The van der Waals surface area contributed by atoms with E-state index in [-0.39, 0.29) is 5.78 Å². The zero-order valence-corrected chi connectivity index (χ0v) is 9.77. The van der Waals surface area contributed by atoms with Crippen molar-refractivity contribution in [2.45, 2.75) is 20.8 Å². The molecule has 2 nitrogen and oxygen atoms in total. The first-order valence-corrected chi connectivity index (χ1v) is 5.56. The number of thiophene rings is 1. The minimum absolute atomic E-state index is 0.0578. The van der Waals surface area contributed by atoms with Gasteiger partial charge >= 0.3 is 0 Å². The molecule has 0 atom stereocenters. The summed E-state index contributed by atoms with van der Waals surface area (Å²) in [5, 5.41) is 0. The van der Waals surface area contributed by atoms with Crippen molar-refractivity contribution in [2.24, 2.45) is 0 Å². The first-order valence-electron chi connectivity index (χ1n) is 4.75. The predicted molar refractivity (Wildman–Crippen MR) is 60.7 cm³/mol. The zero-order chi connectivity index (χ0) is 11.0. The zero-order valence-electron chi connectivity index (χ0n) is 8.96. The highest BCUT2D eigenvalue weighted by Gasteiger charge is 2.16. The van der Waals surface area contributed by atoms with Crippen LogP contribution in [0.3, 0.4) is 0 Å². The molecule has 0 unspecified atom stereocenters. The Labute approximate surface area is 92.5 Å². The molecule has 3 heteroatoms. The molecule has 0 aliphatic carbocycles. The molecule has 2 rings (SSSR count). The Morgan fingerprint density at radius 2 is 2.00 bits per heavy atom. The molecule has 0 fully saturated rings. The smallest absolute Gasteiger partial charge is 0.206 e. The van der Waals surface area contributed by atoms with E-state index in [1.165, 1.54) is 17.6 Å². The van der Waals surface area contributed by atoms with Crippen LogP contribution in [0.5, 0.6) is 0 Å². The van der Waals surface area contributed by atoms with Gasteiger partial charge in [-0.3, -0.25) is 4.79 Å². The molecule has 0 aliphatic rings. The van der Waals surface area contributed by atoms with Crippen LogP contribution >= 0.6 is 11.3 Å². The minimum atomic E-state index is 0.0578. The van der Waals surface area contributed by atoms with Crippen molar-refractivity contribution in [1.29, 1.82) is 0 Å². The molecule has 2 aromatic rings. The van der Waals surface area contributed by atoms with Crippen LogP contribution in [0.25, 0.3) is 0 Å². The summed E-state index contributed by atoms with van der Waals surface area (Å²) in [6.45, 7) is 5.81. The summed E-state index contributed by atoms with van der Waals surface area (Å²) >= 11 is 1.54. The van der Waals surface area contributed by atoms with E-state index in [4.69, 9.17) is 4.42 Å². The first kappa shape index (κ1) is 10.2. The van der Waals surface area contributed by atoms with E-state index in [0.29, 0.717) is 5.56 Å². The molecule has 0 N–H and O–H groups in total. The van der Waals surface area contributed by atoms with E-state index in [1.807, 2.05) is 26.8 Å². The lowest BCUT2D eigenvalue weighted by atomic mass is 10.1. The minimum Gasteiger partial charge on any atom is -0.469 e. The highest BCUT2D eigenvalue weighted by molar-refractivity contribution is 7.14. The largest absolute Gasteiger partial charge is 0.469 e. The Balaban J connectivity index is 2.40. The average molecular weight is 220 g/mol. The summed E-state index contributed by atoms with van der Waals surface area (Å²) in [5.41, 5.74) is 1.68. The van der Waals surface area contributed by atoms with E-state index < -0.39 is 0 Å². The summed E-state index contributed by atoms with van der Waals surface area (Å²) < 4.78 is 5.14. The number of rotatable bonds is 2. The van der Waals surface area contributed by atoms with Gasteiger partial charge in [0.05, 0.1) is 10.4 Å². The van der Waals surface area contributed by atoms with Crippen molar-refractivity contribution >= 4 is 17.1 Å². The van der Waals surface area contributed by atoms with Gasteiger partial charge in [-0.05, 0) is 38.5 Å². The van der Waals surface area contributed by atoms with Crippen LogP contribution in [-0.4, -0.2) is 5.78 Å². The molecule has 78 valence electrons. The highest BCUT2D eigenvalue weighted by Crippen LogP contribution is 2.24. The summed E-state index contributed by atoms with van der Waals surface area (Å²) in [6.07, 6.45) is 1.52. The maximum Gasteiger partial charge on any atom is 0.206 e. The maximum absolute atomic E-state index is 12.0. The summed E-state index contributed by atoms with van der Waals surface area (Å²) in [7, 11) is 0. The maximum atomic E-state index is 12.0. The van der Waals surface area contributed by atoms with Crippen LogP contribution in [0.15, 0.2) is 22.8 Å². The molecule has 0 aromatic carbocycles. The molecule has 15 heavy (non-hydrogen) atoms. The van der Waals surface area contributed by atoms with E-state index >= 15 is 0 Å². The number of furan rings is 1. The van der Waals surface area contributed by atoms with E-state index in [2.05, 4.69) is 0 Å².